The second-order valence-corrected chi connectivity index (χ2v) is 3.85. The number of nitrogens with one attached hydrogen (secondary N) is 1. The molecule has 0 radical (unpaired) electrons. The molecule has 7 heteroatoms. The first-order valence-corrected chi connectivity index (χ1v) is 5.66. The Labute approximate surface area is 110 Å². The molecule has 0 unspecified atom stereocenters. The standard InChI is InChI=1S/C12H16N2O5/c1-9-3-4-10(7-11(9)14(16)17)13-12(15)8-19-6-5-18-2/h3-4,7H,5-6,8H2,1-2H3,(H,13,15). The summed E-state index contributed by atoms with van der Waals surface area (Å²) < 4.78 is 9.80. The Morgan fingerprint density at radius 2 is 2.16 bits per heavy atom. The highest BCUT2D eigenvalue weighted by Gasteiger charge is 2.12. The predicted molar refractivity (Wildman–Crippen MR) is 69.2 cm³/mol. The Kier molecular flexibility index (Phi) is 5.91. The van der Waals surface area contributed by atoms with Gasteiger partial charge >= 0.3 is 0 Å². The number of nitro benzene ring substituents is 1. The normalized spacial score (nSPS) is 10.2. The SMILES string of the molecule is COCCOCC(=O)Nc1ccc(C)c([N+](=O)[O-])c1. The molecule has 1 N–H and O–H groups in total. The van der Waals surface area contributed by atoms with Crippen LogP contribution in [0.25, 0.3) is 0 Å². The van der Waals surface area contributed by atoms with Gasteiger partial charge in [-0.25, -0.2) is 0 Å². The number of nitrogens with zero attached hydrogens (tertiary/aromatic N) is 1. The van der Waals surface area contributed by atoms with E-state index in [0.29, 0.717) is 24.5 Å². The molecule has 1 rings (SSSR count). The highest BCUT2D eigenvalue weighted by Crippen LogP contribution is 2.22. The number of methoxy groups -OCH3 is 1. The van der Waals surface area contributed by atoms with E-state index in [1.165, 1.54) is 13.2 Å². The summed E-state index contributed by atoms with van der Waals surface area (Å²) in [5, 5.41) is 13.3. The van der Waals surface area contributed by atoms with Gasteiger partial charge in [-0.15, -0.1) is 0 Å². The summed E-state index contributed by atoms with van der Waals surface area (Å²) in [7, 11) is 1.54. The van der Waals surface area contributed by atoms with E-state index in [0.717, 1.165) is 0 Å². The smallest absolute Gasteiger partial charge is 0.274 e. The van der Waals surface area contributed by atoms with Crippen LogP contribution in [-0.4, -0.2) is 37.8 Å². The number of aryl methyl sites for hydroxylation is 1. The maximum absolute atomic E-state index is 11.5. The highest BCUT2D eigenvalue weighted by molar-refractivity contribution is 5.92. The average Bonchev–Trinajstić information content (AvgIpc) is 2.36. The zero-order valence-corrected chi connectivity index (χ0v) is 10.8. The number of carbonyl (C=O) groups is 1. The molecule has 7 nitrogen and oxygen atoms in total. The van der Waals surface area contributed by atoms with Gasteiger partial charge in [0.25, 0.3) is 5.69 Å². The first kappa shape index (κ1) is 15.1. The molecule has 0 spiro atoms. The third-order valence-electron chi connectivity index (χ3n) is 2.35. The van der Waals surface area contributed by atoms with Crippen molar-refractivity contribution in [3.8, 4) is 0 Å². The number of benzene rings is 1. The lowest BCUT2D eigenvalue weighted by molar-refractivity contribution is -0.385. The number of amides is 1. The molecule has 1 aromatic rings. The second-order valence-electron chi connectivity index (χ2n) is 3.85. The fraction of sp³-hybridized carbons (Fsp3) is 0.417. The second kappa shape index (κ2) is 7.45. The molecule has 0 aliphatic carbocycles. The molecular weight excluding hydrogens is 252 g/mol. The van der Waals surface area contributed by atoms with Crippen molar-refractivity contribution in [1.29, 1.82) is 0 Å². The van der Waals surface area contributed by atoms with Gasteiger partial charge in [-0.2, -0.15) is 0 Å². The van der Waals surface area contributed by atoms with E-state index in [9.17, 15) is 14.9 Å². The van der Waals surface area contributed by atoms with Gasteiger partial charge in [0.2, 0.25) is 5.91 Å². The Morgan fingerprint density at radius 1 is 1.42 bits per heavy atom. The number of hydrogen-bond acceptors (Lipinski definition) is 5. The fourth-order valence-corrected chi connectivity index (χ4v) is 1.39. The molecule has 0 saturated carbocycles. The molecule has 19 heavy (non-hydrogen) atoms. The molecule has 1 aromatic carbocycles. The Morgan fingerprint density at radius 3 is 2.79 bits per heavy atom. The lowest BCUT2D eigenvalue weighted by Gasteiger charge is -2.06. The summed E-state index contributed by atoms with van der Waals surface area (Å²) in [6.45, 7) is 2.24. The maximum atomic E-state index is 11.5. The van der Waals surface area contributed by atoms with Crippen molar-refractivity contribution < 1.29 is 19.2 Å². The van der Waals surface area contributed by atoms with E-state index in [1.807, 2.05) is 0 Å². The number of ether oxygens (including phenoxy) is 2. The van der Waals surface area contributed by atoms with E-state index in [1.54, 1.807) is 19.1 Å². The lowest BCUT2D eigenvalue weighted by atomic mass is 10.2. The van der Waals surface area contributed by atoms with Gasteiger partial charge in [0.1, 0.15) is 6.61 Å². The van der Waals surface area contributed by atoms with E-state index in [4.69, 9.17) is 9.47 Å². The summed E-state index contributed by atoms with van der Waals surface area (Å²) in [5.41, 5.74) is 0.884. The van der Waals surface area contributed by atoms with E-state index in [2.05, 4.69) is 5.32 Å². The van der Waals surface area contributed by atoms with Crippen LogP contribution in [0.4, 0.5) is 11.4 Å². The van der Waals surface area contributed by atoms with Crippen molar-refractivity contribution >= 4 is 17.3 Å². The molecule has 0 atom stereocenters. The van der Waals surface area contributed by atoms with Gasteiger partial charge in [0, 0.05) is 24.4 Å². The molecule has 1 amide bonds. The van der Waals surface area contributed by atoms with Gasteiger partial charge in [-0.05, 0) is 13.0 Å². The minimum absolute atomic E-state index is 0.0295. The Balaban J connectivity index is 2.55. The van der Waals surface area contributed by atoms with E-state index >= 15 is 0 Å². The Bertz CT molecular complexity index is 461. The maximum Gasteiger partial charge on any atom is 0.274 e. The molecule has 0 aliphatic heterocycles. The van der Waals surface area contributed by atoms with Crippen LogP contribution in [0.1, 0.15) is 5.56 Å². The van der Waals surface area contributed by atoms with Crippen molar-refractivity contribution in [2.45, 2.75) is 6.92 Å². The molecule has 0 aliphatic rings. The van der Waals surface area contributed by atoms with E-state index < -0.39 is 4.92 Å². The average molecular weight is 268 g/mol. The summed E-state index contributed by atoms with van der Waals surface area (Å²) in [5.74, 6) is -0.366. The minimum Gasteiger partial charge on any atom is -0.382 e. The molecule has 0 heterocycles. The zero-order valence-electron chi connectivity index (χ0n) is 10.8. The zero-order chi connectivity index (χ0) is 14.3. The van der Waals surface area contributed by atoms with E-state index in [-0.39, 0.29) is 18.2 Å². The fourth-order valence-electron chi connectivity index (χ4n) is 1.39. The highest BCUT2D eigenvalue weighted by atomic mass is 16.6. The quantitative estimate of drug-likeness (QED) is 0.460. The van der Waals surface area contributed by atoms with Crippen molar-refractivity contribution in [3.63, 3.8) is 0 Å². The molecule has 104 valence electrons. The van der Waals surface area contributed by atoms with Crippen LogP contribution in [0, 0.1) is 17.0 Å². The van der Waals surface area contributed by atoms with Gasteiger partial charge in [0.15, 0.2) is 0 Å². The number of rotatable bonds is 7. The molecule has 0 bridgehead atoms. The largest absolute Gasteiger partial charge is 0.382 e. The van der Waals surface area contributed by atoms with Crippen LogP contribution in [0.15, 0.2) is 18.2 Å². The van der Waals surface area contributed by atoms with Crippen LogP contribution in [0.3, 0.4) is 0 Å². The first-order chi connectivity index (χ1) is 9.04. The molecule has 0 saturated heterocycles. The summed E-state index contributed by atoms with van der Waals surface area (Å²) in [4.78, 5) is 21.8. The molecular formula is C12H16N2O5. The third-order valence-corrected chi connectivity index (χ3v) is 2.35. The topological polar surface area (TPSA) is 90.7 Å². The lowest BCUT2D eigenvalue weighted by Crippen LogP contribution is -2.19. The van der Waals surface area contributed by atoms with Crippen LogP contribution in [0.5, 0.6) is 0 Å². The minimum atomic E-state index is -0.486. The monoisotopic (exact) mass is 268 g/mol. The Hall–Kier alpha value is -1.99. The van der Waals surface area contributed by atoms with Crippen molar-refractivity contribution in [2.24, 2.45) is 0 Å². The number of carbonyl (C=O) groups excluding carboxylic acids is 1. The van der Waals surface area contributed by atoms with Gasteiger partial charge in [-0.3, -0.25) is 14.9 Å². The first-order valence-electron chi connectivity index (χ1n) is 5.66. The van der Waals surface area contributed by atoms with Gasteiger partial charge in [0.05, 0.1) is 18.1 Å². The van der Waals surface area contributed by atoms with Crippen molar-refractivity contribution in [1.82, 2.24) is 0 Å². The number of anilines is 1. The van der Waals surface area contributed by atoms with Crippen LogP contribution in [0.2, 0.25) is 0 Å². The molecule has 0 aromatic heterocycles. The van der Waals surface area contributed by atoms with Crippen molar-refractivity contribution in [2.75, 3.05) is 32.2 Å². The van der Waals surface area contributed by atoms with Crippen LogP contribution < -0.4 is 5.32 Å². The summed E-state index contributed by atoms with van der Waals surface area (Å²) in [6.07, 6.45) is 0. The number of hydrogen-bond donors (Lipinski definition) is 1. The number of nitro groups is 1. The summed E-state index contributed by atoms with van der Waals surface area (Å²) in [6, 6.07) is 4.51. The van der Waals surface area contributed by atoms with Crippen molar-refractivity contribution in [3.05, 3.63) is 33.9 Å². The van der Waals surface area contributed by atoms with Gasteiger partial charge < -0.3 is 14.8 Å². The summed E-state index contributed by atoms with van der Waals surface area (Å²) >= 11 is 0. The predicted octanol–water partition coefficient (Wildman–Crippen LogP) is 1.50. The van der Waals surface area contributed by atoms with Gasteiger partial charge in [-0.1, -0.05) is 6.07 Å². The molecule has 0 fully saturated rings. The van der Waals surface area contributed by atoms with Crippen LogP contribution in [-0.2, 0) is 14.3 Å². The van der Waals surface area contributed by atoms with Crippen LogP contribution >= 0.6 is 0 Å². The third kappa shape index (κ3) is 5.02.